The highest BCUT2D eigenvalue weighted by atomic mass is 16.5. The molecular weight excluding hydrogens is 318 g/mol. The molecule has 1 N–H and O–H groups in total. The van der Waals surface area contributed by atoms with Gasteiger partial charge in [-0.25, -0.2) is 0 Å². The van der Waals surface area contributed by atoms with Crippen LogP contribution in [0.5, 0.6) is 5.75 Å². The predicted molar refractivity (Wildman–Crippen MR) is 97.6 cm³/mol. The zero-order valence-electron chi connectivity index (χ0n) is 15.5. The molecule has 0 saturated carbocycles. The maximum absolute atomic E-state index is 12.3. The Morgan fingerprint density at radius 2 is 2.12 bits per heavy atom. The second kappa shape index (κ2) is 9.42. The van der Waals surface area contributed by atoms with Crippen LogP contribution in [0, 0.1) is 5.92 Å². The minimum Gasteiger partial charge on any atom is -0.496 e. The molecule has 1 saturated heterocycles. The number of methoxy groups -OCH3 is 1. The standard InChI is InChI=1S/C19H29N3O3/c1-21(2)11-6-12-22-14-16(13-18(22)23)19(24)20-10-9-15-7-4-5-8-17(15)25-3/h4-5,7-8,16H,6,9-14H2,1-3H3,(H,20,24). The van der Waals surface area contributed by atoms with Gasteiger partial charge >= 0.3 is 0 Å². The lowest BCUT2D eigenvalue weighted by Crippen LogP contribution is -2.34. The van der Waals surface area contributed by atoms with E-state index in [-0.39, 0.29) is 17.7 Å². The van der Waals surface area contributed by atoms with Gasteiger partial charge in [-0.2, -0.15) is 0 Å². The SMILES string of the molecule is COc1ccccc1CCNC(=O)C1CC(=O)N(CCCN(C)C)C1. The monoisotopic (exact) mass is 347 g/mol. The fourth-order valence-corrected chi connectivity index (χ4v) is 3.12. The van der Waals surface area contributed by atoms with Crippen LogP contribution in [0.1, 0.15) is 18.4 Å². The maximum atomic E-state index is 12.3. The molecule has 1 aliphatic heterocycles. The lowest BCUT2D eigenvalue weighted by atomic mass is 10.1. The van der Waals surface area contributed by atoms with Crippen molar-refractivity contribution >= 4 is 11.8 Å². The third kappa shape index (κ3) is 5.74. The lowest BCUT2D eigenvalue weighted by molar-refractivity contribution is -0.129. The van der Waals surface area contributed by atoms with E-state index in [2.05, 4.69) is 10.2 Å². The Morgan fingerprint density at radius 1 is 1.36 bits per heavy atom. The van der Waals surface area contributed by atoms with Crippen LogP contribution in [0.15, 0.2) is 24.3 Å². The molecule has 1 fully saturated rings. The smallest absolute Gasteiger partial charge is 0.225 e. The summed E-state index contributed by atoms with van der Waals surface area (Å²) in [5.41, 5.74) is 1.07. The van der Waals surface area contributed by atoms with Crippen molar-refractivity contribution in [2.24, 2.45) is 5.92 Å². The van der Waals surface area contributed by atoms with E-state index in [4.69, 9.17) is 4.74 Å². The first-order valence-corrected chi connectivity index (χ1v) is 8.83. The Morgan fingerprint density at radius 3 is 2.84 bits per heavy atom. The number of carbonyl (C=O) groups is 2. The van der Waals surface area contributed by atoms with Crippen molar-refractivity contribution in [2.45, 2.75) is 19.3 Å². The van der Waals surface area contributed by atoms with Crippen LogP contribution in [0.2, 0.25) is 0 Å². The van der Waals surface area contributed by atoms with Gasteiger partial charge in [0.05, 0.1) is 13.0 Å². The molecule has 1 unspecified atom stereocenters. The minimum atomic E-state index is -0.232. The van der Waals surface area contributed by atoms with Crippen molar-refractivity contribution in [3.05, 3.63) is 29.8 Å². The predicted octanol–water partition coefficient (Wildman–Crippen LogP) is 1.15. The summed E-state index contributed by atoms with van der Waals surface area (Å²) in [4.78, 5) is 28.3. The lowest BCUT2D eigenvalue weighted by Gasteiger charge is -2.18. The third-order valence-electron chi connectivity index (χ3n) is 4.50. The van der Waals surface area contributed by atoms with E-state index in [9.17, 15) is 9.59 Å². The number of hydrogen-bond donors (Lipinski definition) is 1. The van der Waals surface area contributed by atoms with Crippen molar-refractivity contribution in [1.29, 1.82) is 0 Å². The summed E-state index contributed by atoms with van der Waals surface area (Å²) in [5, 5.41) is 2.96. The van der Waals surface area contributed by atoms with Crippen LogP contribution in [-0.2, 0) is 16.0 Å². The van der Waals surface area contributed by atoms with E-state index in [1.165, 1.54) is 0 Å². The first-order valence-electron chi connectivity index (χ1n) is 8.83. The number of nitrogens with zero attached hydrogens (tertiary/aromatic N) is 2. The molecular formula is C19H29N3O3. The van der Waals surface area contributed by atoms with Gasteiger partial charge in [0.1, 0.15) is 5.75 Å². The Labute approximate surface area is 150 Å². The van der Waals surface area contributed by atoms with Crippen LogP contribution >= 0.6 is 0 Å². The zero-order chi connectivity index (χ0) is 18.2. The van der Waals surface area contributed by atoms with Gasteiger partial charge in [-0.3, -0.25) is 9.59 Å². The topological polar surface area (TPSA) is 61.9 Å². The first-order chi connectivity index (χ1) is 12.0. The summed E-state index contributed by atoms with van der Waals surface area (Å²) in [7, 11) is 5.68. The summed E-state index contributed by atoms with van der Waals surface area (Å²) in [5.74, 6) is 0.659. The Balaban J connectivity index is 1.75. The molecule has 1 aromatic carbocycles. The molecule has 6 heteroatoms. The highest BCUT2D eigenvalue weighted by Gasteiger charge is 2.33. The second-order valence-corrected chi connectivity index (χ2v) is 6.75. The van der Waals surface area contributed by atoms with Gasteiger partial charge in [0.15, 0.2) is 0 Å². The number of amides is 2. The van der Waals surface area contributed by atoms with Crippen LogP contribution in [-0.4, -0.2) is 69.0 Å². The Hall–Kier alpha value is -2.08. The molecule has 1 atom stereocenters. The fourth-order valence-electron chi connectivity index (χ4n) is 3.12. The molecule has 0 aromatic heterocycles. The maximum Gasteiger partial charge on any atom is 0.225 e. The van der Waals surface area contributed by atoms with Crippen molar-refractivity contribution in [1.82, 2.24) is 15.1 Å². The second-order valence-electron chi connectivity index (χ2n) is 6.75. The molecule has 1 aromatic rings. The summed E-state index contributed by atoms with van der Waals surface area (Å²) in [6, 6.07) is 7.80. The molecule has 2 rings (SSSR count). The Bertz CT molecular complexity index is 589. The first kappa shape index (κ1) is 19.2. The van der Waals surface area contributed by atoms with E-state index in [0.29, 0.717) is 25.9 Å². The molecule has 138 valence electrons. The van der Waals surface area contributed by atoms with Gasteiger partial charge in [-0.1, -0.05) is 18.2 Å². The quantitative estimate of drug-likeness (QED) is 0.728. The summed E-state index contributed by atoms with van der Waals surface area (Å²) in [6.45, 7) is 2.75. The highest BCUT2D eigenvalue weighted by Crippen LogP contribution is 2.19. The van der Waals surface area contributed by atoms with E-state index in [0.717, 1.165) is 30.8 Å². The van der Waals surface area contributed by atoms with E-state index < -0.39 is 0 Å². The highest BCUT2D eigenvalue weighted by molar-refractivity contribution is 5.89. The molecule has 1 aliphatic rings. The van der Waals surface area contributed by atoms with Crippen LogP contribution in [0.25, 0.3) is 0 Å². The van der Waals surface area contributed by atoms with E-state index in [1.807, 2.05) is 43.3 Å². The molecule has 1 heterocycles. The van der Waals surface area contributed by atoms with Gasteiger partial charge in [-0.05, 0) is 45.1 Å². The summed E-state index contributed by atoms with van der Waals surface area (Å²) < 4.78 is 5.32. The van der Waals surface area contributed by atoms with E-state index in [1.54, 1.807) is 7.11 Å². The number of carbonyl (C=O) groups excluding carboxylic acids is 2. The van der Waals surface area contributed by atoms with Gasteiger partial charge in [0, 0.05) is 26.1 Å². The average Bonchev–Trinajstić information content (AvgIpc) is 2.96. The van der Waals surface area contributed by atoms with Crippen LogP contribution in [0.3, 0.4) is 0 Å². The fraction of sp³-hybridized carbons (Fsp3) is 0.579. The number of likely N-dealkylation sites (tertiary alicyclic amines) is 1. The number of ether oxygens (including phenoxy) is 1. The molecule has 6 nitrogen and oxygen atoms in total. The number of rotatable bonds is 9. The summed E-state index contributed by atoms with van der Waals surface area (Å²) >= 11 is 0. The summed E-state index contributed by atoms with van der Waals surface area (Å²) in [6.07, 6.45) is 1.96. The van der Waals surface area contributed by atoms with Gasteiger partial charge in [0.25, 0.3) is 0 Å². The molecule has 0 spiro atoms. The number of benzene rings is 1. The molecule has 25 heavy (non-hydrogen) atoms. The van der Waals surface area contributed by atoms with Crippen LogP contribution in [0.4, 0.5) is 0 Å². The van der Waals surface area contributed by atoms with Gasteiger partial charge < -0.3 is 19.9 Å². The van der Waals surface area contributed by atoms with Crippen LogP contribution < -0.4 is 10.1 Å². The van der Waals surface area contributed by atoms with Crippen molar-refractivity contribution in [3.63, 3.8) is 0 Å². The van der Waals surface area contributed by atoms with Crippen molar-refractivity contribution < 1.29 is 14.3 Å². The normalized spacial score (nSPS) is 17.2. The van der Waals surface area contributed by atoms with E-state index >= 15 is 0 Å². The third-order valence-corrected chi connectivity index (χ3v) is 4.50. The largest absolute Gasteiger partial charge is 0.496 e. The zero-order valence-corrected chi connectivity index (χ0v) is 15.5. The van der Waals surface area contributed by atoms with Crippen molar-refractivity contribution in [3.8, 4) is 5.75 Å². The molecule has 0 radical (unpaired) electrons. The van der Waals surface area contributed by atoms with Gasteiger partial charge in [-0.15, -0.1) is 0 Å². The molecule has 2 amide bonds. The number of para-hydroxylation sites is 1. The number of nitrogens with one attached hydrogen (secondary N) is 1. The van der Waals surface area contributed by atoms with Crippen molar-refractivity contribution in [2.75, 3.05) is 47.4 Å². The van der Waals surface area contributed by atoms with Gasteiger partial charge in [0.2, 0.25) is 11.8 Å². The molecule has 0 bridgehead atoms. The Kier molecular flexibility index (Phi) is 7.25. The molecule has 0 aliphatic carbocycles. The number of hydrogen-bond acceptors (Lipinski definition) is 4. The average molecular weight is 347 g/mol. The minimum absolute atomic E-state index is 0.0293.